The van der Waals surface area contributed by atoms with Crippen molar-refractivity contribution in [2.75, 3.05) is 5.32 Å². The Morgan fingerprint density at radius 3 is 3.04 bits per heavy atom. The normalized spacial score (nSPS) is 16.4. The van der Waals surface area contributed by atoms with Crippen molar-refractivity contribution in [3.8, 4) is 11.3 Å². The maximum absolute atomic E-state index is 12.3. The molecule has 2 amide bonds. The summed E-state index contributed by atoms with van der Waals surface area (Å²) in [5.41, 5.74) is 2.50. The van der Waals surface area contributed by atoms with Crippen LogP contribution in [0.4, 0.5) is 10.5 Å². The van der Waals surface area contributed by atoms with Gasteiger partial charge in [-0.2, -0.15) is 9.47 Å². The van der Waals surface area contributed by atoms with Crippen LogP contribution in [0.25, 0.3) is 11.3 Å². The first-order valence-electron chi connectivity index (χ1n) is 7.73. The van der Waals surface area contributed by atoms with Crippen LogP contribution in [0.5, 0.6) is 0 Å². The molecule has 1 aliphatic rings. The van der Waals surface area contributed by atoms with Gasteiger partial charge in [0, 0.05) is 17.4 Å². The fourth-order valence-corrected chi connectivity index (χ4v) is 3.47. The third-order valence-corrected chi connectivity index (χ3v) is 4.63. The summed E-state index contributed by atoms with van der Waals surface area (Å²) >= 11 is 1.33. The Kier molecular flexibility index (Phi) is 3.96. The number of urea groups is 1. The molecule has 7 nitrogen and oxygen atoms in total. The number of anilines is 1. The number of carbonyl (C=O) groups excluding carboxylic acids is 1. The van der Waals surface area contributed by atoms with Gasteiger partial charge >= 0.3 is 6.03 Å². The lowest BCUT2D eigenvalue weighted by Gasteiger charge is -2.23. The predicted molar refractivity (Wildman–Crippen MR) is 91.8 cm³/mol. The first kappa shape index (κ1) is 14.8. The van der Waals surface area contributed by atoms with Gasteiger partial charge in [-0.1, -0.05) is 30.3 Å². The van der Waals surface area contributed by atoms with Gasteiger partial charge in [-0.15, -0.1) is 0 Å². The maximum atomic E-state index is 12.3. The van der Waals surface area contributed by atoms with Crippen LogP contribution in [0, 0.1) is 0 Å². The summed E-state index contributed by atoms with van der Waals surface area (Å²) < 4.78 is 6.23. The number of rotatable bonds is 3. The number of aryl methyl sites for hydroxylation is 1. The third-order valence-electron chi connectivity index (χ3n) is 4.01. The number of fused-ring (bicyclic) bond motifs is 1. The number of hydrogen-bond donors (Lipinski definition) is 2. The second-order valence-electron chi connectivity index (χ2n) is 5.64. The molecule has 0 saturated heterocycles. The average Bonchev–Trinajstić information content (AvgIpc) is 3.24. The van der Waals surface area contributed by atoms with Gasteiger partial charge in [-0.3, -0.25) is 0 Å². The second kappa shape index (κ2) is 6.40. The van der Waals surface area contributed by atoms with Crippen LogP contribution in [0.1, 0.15) is 12.2 Å². The zero-order valence-electron chi connectivity index (χ0n) is 12.8. The molecule has 8 heteroatoms. The van der Waals surface area contributed by atoms with E-state index in [9.17, 15) is 4.79 Å². The smallest absolute Gasteiger partial charge is 0.319 e. The molecule has 122 valence electrons. The van der Waals surface area contributed by atoms with Gasteiger partial charge in [0.1, 0.15) is 17.8 Å². The van der Waals surface area contributed by atoms with Crippen molar-refractivity contribution in [2.24, 2.45) is 0 Å². The molecule has 2 aromatic heterocycles. The molecule has 1 aromatic carbocycles. The summed E-state index contributed by atoms with van der Waals surface area (Å²) in [5, 5.41) is 11.9. The topological polar surface area (TPSA) is 84.7 Å². The number of nitrogens with one attached hydrogen (secondary N) is 2. The summed E-state index contributed by atoms with van der Waals surface area (Å²) in [7, 11) is 0. The number of benzene rings is 1. The third kappa shape index (κ3) is 3.00. The van der Waals surface area contributed by atoms with E-state index in [0.29, 0.717) is 6.54 Å². The van der Waals surface area contributed by atoms with Crippen LogP contribution in [0.2, 0.25) is 0 Å². The predicted octanol–water partition coefficient (Wildman–Crippen LogP) is 2.54. The molecule has 1 atom stereocenters. The first-order chi connectivity index (χ1) is 11.8. The van der Waals surface area contributed by atoms with E-state index in [1.54, 1.807) is 6.33 Å². The summed E-state index contributed by atoms with van der Waals surface area (Å²) in [6, 6.07) is 9.65. The van der Waals surface area contributed by atoms with Crippen LogP contribution in [0.15, 0.2) is 42.0 Å². The molecule has 0 fully saturated rings. The molecule has 0 saturated carbocycles. The quantitative estimate of drug-likeness (QED) is 0.767. The highest BCUT2D eigenvalue weighted by atomic mass is 32.1. The van der Waals surface area contributed by atoms with Gasteiger partial charge in [0.15, 0.2) is 0 Å². The van der Waals surface area contributed by atoms with E-state index >= 15 is 0 Å². The Labute approximate surface area is 142 Å². The fourth-order valence-electron chi connectivity index (χ4n) is 2.83. The van der Waals surface area contributed by atoms with Crippen molar-refractivity contribution in [2.45, 2.75) is 25.4 Å². The molecule has 1 unspecified atom stereocenters. The number of aromatic nitrogens is 4. The van der Waals surface area contributed by atoms with Gasteiger partial charge < -0.3 is 10.6 Å². The molecule has 4 rings (SSSR count). The number of hydrogen-bond acceptors (Lipinski definition) is 5. The van der Waals surface area contributed by atoms with Crippen molar-refractivity contribution in [3.05, 3.63) is 47.9 Å². The molecule has 0 radical (unpaired) electrons. The van der Waals surface area contributed by atoms with E-state index in [4.69, 9.17) is 0 Å². The molecule has 2 N–H and O–H groups in total. The lowest BCUT2D eigenvalue weighted by molar-refractivity contribution is 0.243. The zero-order valence-corrected chi connectivity index (χ0v) is 13.7. The van der Waals surface area contributed by atoms with Crippen molar-refractivity contribution in [1.82, 2.24) is 24.5 Å². The van der Waals surface area contributed by atoms with Gasteiger partial charge in [-0.25, -0.2) is 14.5 Å². The lowest BCUT2D eigenvalue weighted by Crippen LogP contribution is -2.43. The minimum atomic E-state index is -0.221. The van der Waals surface area contributed by atoms with E-state index < -0.39 is 0 Å². The van der Waals surface area contributed by atoms with Crippen molar-refractivity contribution in [1.29, 1.82) is 0 Å². The van der Waals surface area contributed by atoms with E-state index in [2.05, 4.69) is 25.1 Å². The SMILES string of the molecule is O=C(Nc1csnc1-c1ccccc1)NC1CCc2ncnn2C1. The zero-order chi connectivity index (χ0) is 16.4. The average molecular weight is 340 g/mol. The summed E-state index contributed by atoms with van der Waals surface area (Å²) in [5.74, 6) is 0.974. The van der Waals surface area contributed by atoms with E-state index in [-0.39, 0.29) is 12.1 Å². The first-order valence-corrected chi connectivity index (χ1v) is 8.57. The van der Waals surface area contributed by atoms with Gasteiger partial charge in [-0.05, 0) is 18.0 Å². The highest BCUT2D eigenvalue weighted by Crippen LogP contribution is 2.28. The van der Waals surface area contributed by atoms with E-state index in [1.165, 1.54) is 11.5 Å². The lowest BCUT2D eigenvalue weighted by atomic mass is 10.1. The minimum Gasteiger partial charge on any atom is -0.333 e. The Morgan fingerprint density at radius 1 is 1.29 bits per heavy atom. The van der Waals surface area contributed by atoms with Crippen molar-refractivity contribution in [3.63, 3.8) is 0 Å². The molecule has 3 aromatic rings. The molecule has 1 aliphatic heterocycles. The minimum absolute atomic E-state index is 0.0472. The van der Waals surface area contributed by atoms with E-state index in [0.717, 1.165) is 35.6 Å². The van der Waals surface area contributed by atoms with Crippen molar-refractivity contribution >= 4 is 23.3 Å². The van der Waals surface area contributed by atoms with Crippen LogP contribution in [0.3, 0.4) is 0 Å². The molecule has 0 spiro atoms. The summed E-state index contributed by atoms with van der Waals surface area (Å²) in [4.78, 5) is 16.5. The van der Waals surface area contributed by atoms with Gasteiger partial charge in [0.25, 0.3) is 0 Å². The van der Waals surface area contributed by atoms with Crippen LogP contribution >= 0.6 is 11.5 Å². The Balaban J connectivity index is 1.42. The number of carbonyl (C=O) groups is 1. The van der Waals surface area contributed by atoms with E-state index in [1.807, 2.05) is 40.4 Å². The monoisotopic (exact) mass is 340 g/mol. The van der Waals surface area contributed by atoms with Crippen LogP contribution in [-0.4, -0.2) is 31.2 Å². The molecule has 24 heavy (non-hydrogen) atoms. The molecule has 0 aliphatic carbocycles. The highest BCUT2D eigenvalue weighted by molar-refractivity contribution is 7.04. The Bertz CT molecular complexity index is 843. The largest absolute Gasteiger partial charge is 0.333 e. The standard InChI is InChI=1S/C16H16N6OS/c23-16(19-12-6-7-14-17-10-18-22(14)8-12)20-13-9-24-21-15(13)11-4-2-1-3-5-11/h1-5,9-10,12H,6-8H2,(H2,19,20,23). The van der Waals surface area contributed by atoms with Crippen molar-refractivity contribution < 1.29 is 4.79 Å². The Hall–Kier alpha value is -2.74. The van der Waals surface area contributed by atoms with Gasteiger partial charge in [0.2, 0.25) is 0 Å². The van der Waals surface area contributed by atoms with Gasteiger partial charge in [0.05, 0.1) is 18.3 Å². The molecular weight excluding hydrogens is 324 g/mol. The maximum Gasteiger partial charge on any atom is 0.319 e. The van der Waals surface area contributed by atoms with Crippen LogP contribution in [-0.2, 0) is 13.0 Å². The second-order valence-corrected chi connectivity index (χ2v) is 6.26. The molecule has 0 bridgehead atoms. The fraction of sp³-hybridized carbons (Fsp3) is 0.250. The molecular formula is C16H16N6OS. The molecule has 3 heterocycles. The number of nitrogens with zero attached hydrogens (tertiary/aromatic N) is 4. The summed E-state index contributed by atoms with van der Waals surface area (Å²) in [6.07, 6.45) is 3.24. The Morgan fingerprint density at radius 2 is 2.17 bits per heavy atom. The highest BCUT2D eigenvalue weighted by Gasteiger charge is 2.21. The number of amides is 2. The van der Waals surface area contributed by atoms with Crippen LogP contribution < -0.4 is 10.6 Å². The summed E-state index contributed by atoms with van der Waals surface area (Å²) in [6.45, 7) is 0.649.